The Morgan fingerprint density at radius 2 is 1.31 bits per heavy atom. The van der Waals surface area contributed by atoms with Gasteiger partial charge in [-0.05, 0) is 103 Å². The summed E-state index contributed by atoms with van der Waals surface area (Å²) in [6.45, 7) is 10.9. The van der Waals surface area contributed by atoms with Gasteiger partial charge >= 0.3 is 0 Å². The monoisotopic (exact) mass is 394 g/mol. The van der Waals surface area contributed by atoms with E-state index in [4.69, 9.17) is 0 Å². The summed E-state index contributed by atoms with van der Waals surface area (Å²) >= 11 is 0. The van der Waals surface area contributed by atoms with E-state index < -0.39 is 0 Å². The van der Waals surface area contributed by atoms with E-state index in [1.807, 2.05) is 0 Å². The van der Waals surface area contributed by atoms with Gasteiger partial charge in [0.05, 0.1) is 0 Å². The van der Waals surface area contributed by atoms with Gasteiger partial charge in [-0.2, -0.15) is 0 Å². The molecular formula is C27H38O2. The van der Waals surface area contributed by atoms with Crippen LogP contribution in [0.3, 0.4) is 0 Å². The Hall–Kier alpha value is -2.35. The number of phenolic OH excluding ortho intramolecular Hbond substituents is 1. The van der Waals surface area contributed by atoms with E-state index in [1.54, 1.807) is 18.2 Å². The van der Waals surface area contributed by atoms with Gasteiger partial charge in [-0.25, -0.2) is 0 Å². The Labute approximate surface area is 177 Å². The van der Waals surface area contributed by atoms with Crippen molar-refractivity contribution in [3.63, 3.8) is 0 Å². The molecule has 29 heavy (non-hydrogen) atoms. The lowest BCUT2D eigenvalue weighted by Crippen LogP contribution is -1.88. The average molecular weight is 395 g/mol. The fraction of sp³-hybridized carbons (Fsp3) is 0.444. The van der Waals surface area contributed by atoms with Gasteiger partial charge in [0.25, 0.3) is 0 Å². The Kier molecular flexibility index (Phi) is 11.7. The van der Waals surface area contributed by atoms with Gasteiger partial charge in [0.1, 0.15) is 12.0 Å². The lowest BCUT2D eigenvalue weighted by molar-refractivity contribution is 0.112. The molecule has 0 bridgehead atoms. The minimum absolute atomic E-state index is 0.250. The van der Waals surface area contributed by atoms with E-state index in [2.05, 4.69) is 58.9 Å². The molecular weight excluding hydrogens is 356 g/mol. The molecule has 0 amide bonds. The Bertz CT molecular complexity index is 772. The summed E-state index contributed by atoms with van der Waals surface area (Å²) in [6, 6.07) is 4.98. The molecule has 1 aromatic carbocycles. The molecule has 0 saturated carbocycles. The van der Waals surface area contributed by atoms with Crippen molar-refractivity contribution in [2.45, 2.75) is 79.6 Å². The van der Waals surface area contributed by atoms with Gasteiger partial charge in [0.2, 0.25) is 0 Å². The number of phenols is 1. The summed E-state index contributed by atoms with van der Waals surface area (Å²) in [4.78, 5) is 10.9. The second-order valence-electron chi connectivity index (χ2n) is 8.26. The van der Waals surface area contributed by atoms with Crippen molar-refractivity contribution in [2.75, 3.05) is 0 Å². The predicted octanol–water partition coefficient (Wildman–Crippen LogP) is 7.89. The third kappa shape index (κ3) is 11.3. The standard InChI is InChI=1S/C27H38O2/c1-21(2)9-6-10-22(3)11-7-12-23(4)13-8-14-24(5)15-17-26-19-25(20-28)16-18-27(26)29/h9,11,13,15-16,18-20,29H,6-8,10,12,14,17H2,1-5H3/b22-11+,23-13+,24-15+. The maximum atomic E-state index is 10.9. The minimum atomic E-state index is 0.250. The van der Waals surface area contributed by atoms with Gasteiger partial charge in [-0.1, -0.05) is 46.6 Å². The normalized spacial score (nSPS) is 12.8. The van der Waals surface area contributed by atoms with Crippen molar-refractivity contribution in [3.8, 4) is 5.75 Å². The van der Waals surface area contributed by atoms with Gasteiger partial charge in [-0.15, -0.1) is 0 Å². The molecule has 0 aliphatic rings. The molecule has 0 spiro atoms. The molecule has 1 rings (SSSR count). The number of allylic oxidation sites excluding steroid dienone is 8. The number of aldehydes is 1. The molecule has 0 aromatic heterocycles. The summed E-state index contributed by atoms with van der Waals surface area (Å²) in [5, 5.41) is 9.92. The fourth-order valence-corrected chi connectivity index (χ4v) is 3.11. The van der Waals surface area contributed by atoms with Crippen LogP contribution in [0.2, 0.25) is 0 Å². The number of aromatic hydroxyl groups is 1. The van der Waals surface area contributed by atoms with Crippen LogP contribution in [0.4, 0.5) is 0 Å². The molecule has 2 heteroatoms. The zero-order valence-corrected chi connectivity index (χ0v) is 18.9. The van der Waals surface area contributed by atoms with Crippen molar-refractivity contribution < 1.29 is 9.90 Å². The maximum Gasteiger partial charge on any atom is 0.150 e. The highest BCUT2D eigenvalue weighted by Gasteiger charge is 2.01. The first kappa shape index (κ1) is 24.7. The predicted molar refractivity (Wildman–Crippen MR) is 126 cm³/mol. The Morgan fingerprint density at radius 3 is 1.83 bits per heavy atom. The van der Waals surface area contributed by atoms with E-state index in [1.165, 1.54) is 22.3 Å². The molecule has 0 aliphatic heterocycles. The van der Waals surface area contributed by atoms with Crippen LogP contribution >= 0.6 is 0 Å². The number of benzene rings is 1. The summed E-state index contributed by atoms with van der Waals surface area (Å²) in [5.74, 6) is 0.250. The van der Waals surface area contributed by atoms with Crippen LogP contribution in [-0.4, -0.2) is 11.4 Å². The van der Waals surface area contributed by atoms with Gasteiger partial charge in [0, 0.05) is 5.56 Å². The number of hydrogen-bond donors (Lipinski definition) is 1. The van der Waals surface area contributed by atoms with Crippen molar-refractivity contribution >= 4 is 6.29 Å². The number of rotatable bonds is 12. The smallest absolute Gasteiger partial charge is 0.150 e. The molecule has 0 aliphatic carbocycles. The van der Waals surface area contributed by atoms with E-state index in [0.29, 0.717) is 12.0 Å². The summed E-state index contributed by atoms with van der Waals surface area (Å²) < 4.78 is 0. The minimum Gasteiger partial charge on any atom is -0.508 e. The maximum absolute atomic E-state index is 10.9. The SMILES string of the molecule is CC(C)=CCC/C(C)=C/CC/C(C)=C/CC/C(C)=C/Cc1cc(C=O)ccc1O. The van der Waals surface area contributed by atoms with Gasteiger partial charge < -0.3 is 5.11 Å². The molecule has 2 nitrogen and oxygen atoms in total. The number of hydrogen-bond acceptors (Lipinski definition) is 2. The lowest BCUT2D eigenvalue weighted by Gasteiger charge is -2.05. The lowest BCUT2D eigenvalue weighted by atomic mass is 10.0. The van der Waals surface area contributed by atoms with Crippen molar-refractivity contribution in [1.29, 1.82) is 0 Å². The van der Waals surface area contributed by atoms with Crippen LogP contribution in [0.25, 0.3) is 0 Å². The van der Waals surface area contributed by atoms with E-state index in [0.717, 1.165) is 50.4 Å². The second-order valence-corrected chi connectivity index (χ2v) is 8.26. The van der Waals surface area contributed by atoms with Crippen LogP contribution < -0.4 is 0 Å². The Balaban J connectivity index is 2.38. The number of carbonyl (C=O) groups is 1. The van der Waals surface area contributed by atoms with Crippen molar-refractivity contribution in [2.24, 2.45) is 0 Å². The highest BCUT2D eigenvalue weighted by molar-refractivity contribution is 5.75. The van der Waals surface area contributed by atoms with Crippen molar-refractivity contribution in [1.82, 2.24) is 0 Å². The molecule has 0 radical (unpaired) electrons. The third-order valence-electron chi connectivity index (χ3n) is 5.06. The van der Waals surface area contributed by atoms with Crippen LogP contribution in [0.5, 0.6) is 5.75 Å². The molecule has 0 atom stereocenters. The van der Waals surface area contributed by atoms with Gasteiger partial charge in [-0.3, -0.25) is 4.79 Å². The van der Waals surface area contributed by atoms with Crippen LogP contribution in [-0.2, 0) is 6.42 Å². The van der Waals surface area contributed by atoms with E-state index in [-0.39, 0.29) is 5.75 Å². The summed E-state index contributed by atoms with van der Waals surface area (Å²) in [5.41, 5.74) is 7.03. The zero-order valence-electron chi connectivity index (χ0n) is 18.9. The average Bonchev–Trinajstić information content (AvgIpc) is 2.67. The van der Waals surface area contributed by atoms with Crippen molar-refractivity contribution in [3.05, 3.63) is 75.9 Å². The fourth-order valence-electron chi connectivity index (χ4n) is 3.11. The highest BCUT2D eigenvalue weighted by atomic mass is 16.3. The second kappa shape index (κ2) is 13.8. The van der Waals surface area contributed by atoms with E-state index in [9.17, 15) is 9.90 Å². The quantitative estimate of drug-likeness (QED) is 0.289. The van der Waals surface area contributed by atoms with Crippen LogP contribution in [0.1, 0.15) is 89.1 Å². The highest BCUT2D eigenvalue weighted by Crippen LogP contribution is 2.20. The first-order valence-electron chi connectivity index (χ1n) is 10.7. The molecule has 0 saturated heterocycles. The largest absolute Gasteiger partial charge is 0.508 e. The van der Waals surface area contributed by atoms with Gasteiger partial charge in [0.15, 0.2) is 0 Å². The third-order valence-corrected chi connectivity index (χ3v) is 5.06. The van der Waals surface area contributed by atoms with E-state index >= 15 is 0 Å². The first-order valence-corrected chi connectivity index (χ1v) is 10.7. The van der Waals surface area contributed by atoms with Crippen LogP contribution in [0.15, 0.2) is 64.8 Å². The zero-order chi connectivity index (χ0) is 21.6. The molecule has 0 unspecified atom stereocenters. The molecule has 0 fully saturated rings. The molecule has 1 aromatic rings. The first-order chi connectivity index (χ1) is 13.8. The van der Waals surface area contributed by atoms with Crippen LogP contribution in [0, 0.1) is 0 Å². The topological polar surface area (TPSA) is 37.3 Å². The number of carbonyl (C=O) groups excluding carboxylic acids is 1. The molecule has 158 valence electrons. The Morgan fingerprint density at radius 1 is 0.793 bits per heavy atom. The summed E-state index contributed by atoms with van der Waals surface area (Å²) in [6.07, 6.45) is 17.2. The molecule has 0 heterocycles. The summed E-state index contributed by atoms with van der Waals surface area (Å²) in [7, 11) is 0. The molecule has 1 N–H and O–H groups in total.